The third-order valence-electron chi connectivity index (χ3n) is 4.26. The van der Waals surface area contributed by atoms with Gasteiger partial charge in [0.2, 0.25) is 5.91 Å². The first-order valence-electron chi connectivity index (χ1n) is 7.67. The average molecular weight is 305 g/mol. The van der Waals surface area contributed by atoms with Crippen LogP contribution in [0.4, 0.5) is 0 Å². The van der Waals surface area contributed by atoms with Crippen molar-refractivity contribution in [3.05, 3.63) is 33.2 Å². The van der Waals surface area contributed by atoms with Crippen molar-refractivity contribution < 1.29 is 9.59 Å². The molecular formula is C16H23N3O3. The van der Waals surface area contributed by atoms with E-state index in [0.717, 1.165) is 24.1 Å². The quantitative estimate of drug-likeness (QED) is 0.865. The number of carbonyl (C=O) groups excluding carboxylic acids is 2. The average Bonchev–Trinajstić information content (AvgIpc) is 2.50. The zero-order chi connectivity index (χ0) is 16.3. The predicted molar refractivity (Wildman–Crippen MR) is 83.9 cm³/mol. The lowest BCUT2D eigenvalue weighted by molar-refractivity contribution is -0.133. The van der Waals surface area contributed by atoms with Crippen LogP contribution in [0.1, 0.15) is 41.4 Å². The van der Waals surface area contributed by atoms with Gasteiger partial charge in [-0.3, -0.25) is 14.4 Å². The van der Waals surface area contributed by atoms with Crippen LogP contribution in [-0.2, 0) is 11.2 Å². The maximum absolute atomic E-state index is 12.2. The van der Waals surface area contributed by atoms with Crippen LogP contribution in [-0.4, -0.2) is 41.8 Å². The summed E-state index contributed by atoms with van der Waals surface area (Å²) in [4.78, 5) is 40.2. The highest BCUT2D eigenvalue weighted by Gasteiger charge is 2.24. The molecule has 0 aliphatic carbocycles. The molecule has 2 rings (SSSR count). The van der Waals surface area contributed by atoms with Gasteiger partial charge in [0.15, 0.2) is 0 Å². The number of nitrogens with one attached hydrogen (secondary N) is 2. The first kappa shape index (κ1) is 16.3. The maximum Gasteiger partial charge on any atom is 0.261 e. The number of aryl methyl sites for hydroxylation is 2. The van der Waals surface area contributed by atoms with Gasteiger partial charge in [-0.15, -0.1) is 0 Å². The van der Waals surface area contributed by atoms with Gasteiger partial charge >= 0.3 is 0 Å². The molecule has 0 spiro atoms. The van der Waals surface area contributed by atoms with Crippen LogP contribution in [0.3, 0.4) is 0 Å². The van der Waals surface area contributed by atoms with E-state index in [9.17, 15) is 14.4 Å². The molecule has 1 atom stereocenters. The summed E-state index contributed by atoms with van der Waals surface area (Å²) < 4.78 is 0. The Kier molecular flexibility index (Phi) is 5.00. The topological polar surface area (TPSA) is 82.3 Å². The zero-order valence-corrected chi connectivity index (χ0v) is 13.4. The Morgan fingerprint density at radius 1 is 1.45 bits per heavy atom. The molecule has 2 amide bonds. The van der Waals surface area contributed by atoms with Gasteiger partial charge in [-0.05, 0) is 37.3 Å². The van der Waals surface area contributed by atoms with E-state index in [1.807, 2.05) is 13.8 Å². The molecule has 2 heterocycles. The van der Waals surface area contributed by atoms with Crippen molar-refractivity contribution in [3.8, 4) is 0 Å². The van der Waals surface area contributed by atoms with Crippen LogP contribution in [0.5, 0.6) is 0 Å². The summed E-state index contributed by atoms with van der Waals surface area (Å²) in [6.07, 6.45) is 2.04. The lowest BCUT2D eigenvalue weighted by Crippen LogP contribution is -2.41. The Balaban J connectivity index is 2.00. The molecule has 1 aliphatic heterocycles. The number of nitrogens with zero attached hydrogens (tertiary/aromatic N) is 1. The number of hydrogen-bond acceptors (Lipinski definition) is 3. The van der Waals surface area contributed by atoms with E-state index >= 15 is 0 Å². The van der Waals surface area contributed by atoms with Gasteiger partial charge in [-0.1, -0.05) is 6.92 Å². The number of rotatable bonds is 4. The summed E-state index contributed by atoms with van der Waals surface area (Å²) in [7, 11) is 1.79. The van der Waals surface area contributed by atoms with Crippen molar-refractivity contribution in [2.45, 2.75) is 33.1 Å². The van der Waals surface area contributed by atoms with Gasteiger partial charge in [0.25, 0.3) is 11.5 Å². The van der Waals surface area contributed by atoms with Crippen LogP contribution in [0.15, 0.2) is 10.9 Å². The first-order chi connectivity index (χ1) is 10.4. The van der Waals surface area contributed by atoms with Gasteiger partial charge in [-0.25, -0.2) is 0 Å². The number of likely N-dealkylation sites (tertiary alicyclic amines) is 1. The predicted octanol–water partition coefficient (Wildman–Crippen LogP) is 0.844. The van der Waals surface area contributed by atoms with Gasteiger partial charge in [0.05, 0.1) is 0 Å². The molecule has 2 N–H and O–H groups in total. The van der Waals surface area contributed by atoms with Crippen molar-refractivity contribution in [2.75, 3.05) is 20.1 Å². The monoisotopic (exact) mass is 305 g/mol. The molecule has 0 aromatic carbocycles. The molecule has 6 heteroatoms. The molecule has 22 heavy (non-hydrogen) atoms. The Labute approximate surface area is 129 Å². The standard InChI is InChI=1S/C16H23N3O3/c1-4-13-10(2)7-12(16(22)18-13)15(21)17-9-11-5-6-19(3)14(20)8-11/h7,11H,4-6,8-9H2,1-3H3,(H,17,21)(H,18,22). The van der Waals surface area contributed by atoms with Gasteiger partial charge in [-0.2, -0.15) is 0 Å². The molecule has 0 saturated carbocycles. The lowest BCUT2D eigenvalue weighted by Gasteiger charge is -2.28. The Morgan fingerprint density at radius 3 is 2.82 bits per heavy atom. The highest BCUT2D eigenvalue weighted by atomic mass is 16.2. The molecule has 120 valence electrons. The number of piperidine rings is 1. The zero-order valence-electron chi connectivity index (χ0n) is 13.4. The Hall–Kier alpha value is -2.11. The Bertz CT molecular complexity index is 636. The minimum absolute atomic E-state index is 0.103. The summed E-state index contributed by atoms with van der Waals surface area (Å²) in [6, 6.07) is 1.63. The number of H-pyrrole nitrogens is 1. The second-order valence-electron chi connectivity index (χ2n) is 5.91. The number of aromatic nitrogens is 1. The SMILES string of the molecule is CCc1[nH]c(=O)c(C(=O)NCC2CCN(C)C(=O)C2)cc1C. The lowest BCUT2D eigenvalue weighted by atomic mass is 9.96. The molecule has 1 saturated heterocycles. The third kappa shape index (κ3) is 3.55. The number of aromatic amines is 1. The van der Waals surface area contributed by atoms with E-state index in [0.29, 0.717) is 19.5 Å². The van der Waals surface area contributed by atoms with E-state index in [1.165, 1.54) is 0 Å². The van der Waals surface area contributed by atoms with Crippen molar-refractivity contribution in [1.82, 2.24) is 15.2 Å². The molecule has 1 aromatic rings. The fraction of sp³-hybridized carbons (Fsp3) is 0.562. The molecular weight excluding hydrogens is 282 g/mol. The minimum atomic E-state index is -0.376. The molecule has 6 nitrogen and oxygen atoms in total. The molecule has 1 fully saturated rings. The van der Waals surface area contributed by atoms with E-state index in [4.69, 9.17) is 0 Å². The fourth-order valence-electron chi connectivity index (χ4n) is 2.72. The second-order valence-corrected chi connectivity index (χ2v) is 5.91. The number of hydrogen-bond donors (Lipinski definition) is 2. The smallest absolute Gasteiger partial charge is 0.261 e. The largest absolute Gasteiger partial charge is 0.352 e. The van der Waals surface area contributed by atoms with Crippen molar-refractivity contribution in [1.29, 1.82) is 0 Å². The summed E-state index contributed by atoms with van der Waals surface area (Å²) in [6.45, 7) is 4.97. The van der Waals surface area contributed by atoms with Crippen molar-refractivity contribution in [2.24, 2.45) is 5.92 Å². The fourth-order valence-corrected chi connectivity index (χ4v) is 2.72. The molecule has 1 unspecified atom stereocenters. The molecule has 1 aromatic heterocycles. The van der Waals surface area contributed by atoms with Crippen LogP contribution in [0.2, 0.25) is 0 Å². The van der Waals surface area contributed by atoms with Crippen LogP contribution in [0.25, 0.3) is 0 Å². The normalized spacial score (nSPS) is 18.4. The first-order valence-corrected chi connectivity index (χ1v) is 7.67. The summed E-state index contributed by atoms with van der Waals surface area (Å²) in [5, 5.41) is 2.78. The van der Waals surface area contributed by atoms with Gasteiger partial charge in [0, 0.05) is 32.3 Å². The highest BCUT2D eigenvalue weighted by molar-refractivity contribution is 5.94. The number of pyridine rings is 1. The second kappa shape index (κ2) is 6.77. The number of carbonyl (C=O) groups is 2. The van der Waals surface area contributed by atoms with Gasteiger partial charge in [0.1, 0.15) is 5.56 Å². The van der Waals surface area contributed by atoms with E-state index in [2.05, 4.69) is 10.3 Å². The van der Waals surface area contributed by atoms with Crippen LogP contribution < -0.4 is 10.9 Å². The van der Waals surface area contributed by atoms with E-state index in [-0.39, 0.29) is 28.9 Å². The van der Waals surface area contributed by atoms with E-state index < -0.39 is 0 Å². The Morgan fingerprint density at radius 2 is 2.18 bits per heavy atom. The van der Waals surface area contributed by atoms with Crippen molar-refractivity contribution in [3.63, 3.8) is 0 Å². The van der Waals surface area contributed by atoms with E-state index in [1.54, 1.807) is 18.0 Å². The third-order valence-corrected chi connectivity index (χ3v) is 4.26. The van der Waals surface area contributed by atoms with Crippen LogP contribution >= 0.6 is 0 Å². The minimum Gasteiger partial charge on any atom is -0.352 e. The highest BCUT2D eigenvalue weighted by Crippen LogP contribution is 2.16. The summed E-state index contributed by atoms with van der Waals surface area (Å²) >= 11 is 0. The van der Waals surface area contributed by atoms with Crippen molar-refractivity contribution >= 4 is 11.8 Å². The maximum atomic E-state index is 12.2. The summed E-state index contributed by atoms with van der Waals surface area (Å²) in [5.41, 5.74) is 1.53. The molecule has 1 aliphatic rings. The van der Waals surface area contributed by atoms with Crippen LogP contribution in [0, 0.1) is 12.8 Å². The summed E-state index contributed by atoms with van der Waals surface area (Å²) in [5.74, 6) is -0.132. The van der Waals surface area contributed by atoms with Gasteiger partial charge < -0.3 is 15.2 Å². The molecule has 0 bridgehead atoms. The number of amides is 2. The molecule has 0 radical (unpaired) electrons.